The van der Waals surface area contributed by atoms with Gasteiger partial charge in [-0.15, -0.1) is 0 Å². The Morgan fingerprint density at radius 1 is 1.24 bits per heavy atom. The van der Waals surface area contributed by atoms with Gasteiger partial charge in [0, 0.05) is 12.1 Å². The summed E-state index contributed by atoms with van der Waals surface area (Å²) in [4.78, 5) is 12.7. The minimum Gasteiger partial charge on any atom is -0.478 e. The van der Waals surface area contributed by atoms with Crippen molar-refractivity contribution in [3.05, 3.63) is 29.8 Å². The van der Waals surface area contributed by atoms with E-state index in [4.69, 9.17) is 4.74 Å². The van der Waals surface area contributed by atoms with E-state index in [2.05, 4.69) is 10.0 Å². The molecule has 2 aliphatic rings. The maximum atomic E-state index is 12.9. The van der Waals surface area contributed by atoms with E-state index in [1.807, 2.05) is 0 Å². The largest absolute Gasteiger partial charge is 0.478 e. The van der Waals surface area contributed by atoms with Gasteiger partial charge in [0.15, 0.2) is 5.60 Å². The molecule has 1 amide bonds. The lowest BCUT2D eigenvalue weighted by Gasteiger charge is -2.38. The fourth-order valence-corrected chi connectivity index (χ4v) is 6.24. The first-order valence-electron chi connectivity index (χ1n) is 11.4. The molecule has 1 unspecified atom stereocenters. The standard InChI is InChI=1S/C23H33F3N2O4S/c1-4-33(30,31)28-22-10-8-16(14-22)12-17(15-22)9-11-27-20(29)21(2,3)32-19-7-5-6-18(13-19)23(24,25)26/h5-7,13,16-17,28H,4,8-12,14-15H2,1-3H3,(H,27,29)/t16-,17?,22-/m0/s1. The van der Waals surface area contributed by atoms with Crippen molar-refractivity contribution in [3.63, 3.8) is 0 Å². The number of hydrogen-bond acceptors (Lipinski definition) is 4. The minimum atomic E-state index is -4.49. The average Bonchev–Trinajstić information content (AvgIpc) is 3.00. The number of fused-ring (bicyclic) bond motifs is 2. The van der Waals surface area contributed by atoms with Crippen molar-refractivity contribution >= 4 is 15.9 Å². The van der Waals surface area contributed by atoms with Crippen molar-refractivity contribution in [2.24, 2.45) is 11.8 Å². The van der Waals surface area contributed by atoms with Gasteiger partial charge in [0.25, 0.3) is 5.91 Å². The summed E-state index contributed by atoms with van der Waals surface area (Å²) >= 11 is 0. The Bertz CT molecular complexity index is 965. The quantitative estimate of drug-likeness (QED) is 0.542. The molecular formula is C23H33F3N2O4S. The third kappa shape index (κ3) is 6.62. The van der Waals surface area contributed by atoms with Gasteiger partial charge in [0.2, 0.25) is 10.0 Å². The molecule has 3 rings (SSSR count). The van der Waals surface area contributed by atoms with Crippen LogP contribution in [-0.4, -0.2) is 37.8 Å². The lowest BCUT2D eigenvalue weighted by molar-refractivity contribution is -0.137. The van der Waals surface area contributed by atoms with Crippen LogP contribution in [0.4, 0.5) is 13.2 Å². The number of ether oxygens (including phenoxy) is 1. The molecule has 2 bridgehead atoms. The van der Waals surface area contributed by atoms with Crippen LogP contribution in [0.1, 0.15) is 64.9 Å². The minimum absolute atomic E-state index is 0.0287. The SMILES string of the molecule is CCS(=O)(=O)N[C@]12CC[C@@H](CC(CCNC(=O)C(C)(C)Oc3cccc(C(F)(F)F)c3)C1)C2. The number of rotatable bonds is 9. The molecule has 0 aliphatic heterocycles. The first-order valence-corrected chi connectivity index (χ1v) is 13.0. The van der Waals surface area contributed by atoms with Crippen LogP contribution in [0.3, 0.4) is 0 Å². The maximum Gasteiger partial charge on any atom is 0.416 e. The highest BCUT2D eigenvalue weighted by molar-refractivity contribution is 7.89. The molecular weight excluding hydrogens is 457 g/mol. The van der Waals surface area contributed by atoms with Crippen molar-refractivity contribution in [3.8, 4) is 5.75 Å². The van der Waals surface area contributed by atoms with E-state index in [0.29, 0.717) is 24.8 Å². The first-order chi connectivity index (χ1) is 15.2. The molecule has 186 valence electrons. The molecule has 2 fully saturated rings. The molecule has 2 aliphatic carbocycles. The Morgan fingerprint density at radius 3 is 2.64 bits per heavy atom. The molecule has 10 heteroatoms. The number of nitrogens with one attached hydrogen (secondary N) is 2. The fourth-order valence-electron chi connectivity index (χ4n) is 5.17. The van der Waals surface area contributed by atoms with E-state index in [0.717, 1.165) is 44.2 Å². The van der Waals surface area contributed by atoms with Crippen molar-refractivity contribution in [1.29, 1.82) is 0 Å². The Balaban J connectivity index is 1.53. The third-order valence-electron chi connectivity index (χ3n) is 6.73. The van der Waals surface area contributed by atoms with Crippen molar-refractivity contribution < 1.29 is 31.1 Å². The zero-order valence-corrected chi connectivity index (χ0v) is 20.1. The predicted octanol–water partition coefficient (Wildman–Crippen LogP) is 4.26. The molecule has 1 aromatic rings. The highest BCUT2D eigenvalue weighted by Gasteiger charge is 2.47. The molecule has 33 heavy (non-hydrogen) atoms. The van der Waals surface area contributed by atoms with E-state index in [9.17, 15) is 26.4 Å². The molecule has 2 saturated carbocycles. The molecule has 0 spiro atoms. The number of amides is 1. The van der Waals surface area contributed by atoms with Gasteiger partial charge in [-0.3, -0.25) is 4.79 Å². The topological polar surface area (TPSA) is 84.5 Å². The number of carbonyl (C=O) groups is 1. The van der Waals surface area contributed by atoms with Crippen molar-refractivity contribution in [2.75, 3.05) is 12.3 Å². The summed E-state index contributed by atoms with van der Waals surface area (Å²) < 4.78 is 71.6. The van der Waals surface area contributed by atoms with Gasteiger partial charge in [-0.25, -0.2) is 13.1 Å². The van der Waals surface area contributed by atoms with Crippen LogP contribution in [0, 0.1) is 11.8 Å². The van der Waals surface area contributed by atoms with Gasteiger partial charge < -0.3 is 10.1 Å². The van der Waals surface area contributed by atoms with Crippen molar-refractivity contribution in [1.82, 2.24) is 10.0 Å². The summed E-state index contributed by atoms with van der Waals surface area (Å²) in [6.07, 6.45) is 0.696. The Labute approximate surface area is 193 Å². The summed E-state index contributed by atoms with van der Waals surface area (Å²) in [6.45, 7) is 5.04. The zero-order valence-electron chi connectivity index (χ0n) is 19.3. The number of hydrogen-bond donors (Lipinski definition) is 2. The molecule has 2 N–H and O–H groups in total. The number of sulfonamides is 1. The second-order valence-corrected chi connectivity index (χ2v) is 11.9. The maximum absolute atomic E-state index is 12.9. The van der Waals surface area contributed by atoms with Gasteiger partial charge in [-0.1, -0.05) is 6.07 Å². The fraction of sp³-hybridized carbons (Fsp3) is 0.696. The Kier molecular flexibility index (Phi) is 7.39. The summed E-state index contributed by atoms with van der Waals surface area (Å²) in [5.41, 5.74) is -2.57. The van der Waals surface area contributed by atoms with E-state index >= 15 is 0 Å². The van der Waals surface area contributed by atoms with Crippen LogP contribution in [0.25, 0.3) is 0 Å². The summed E-state index contributed by atoms with van der Waals surface area (Å²) in [5, 5.41) is 2.83. The van der Waals surface area contributed by atoms with E-state index in [1.165, 1.54) is 26.0 Å². The van der Waals surface area contributed by atoms with Crippen molar-refractivity contribution in [2.45, 2.75) is 76.6 Å². The molecule has 0 aromatic heterocycles. The molecule has 6 nitrogen and oxygen atoms in total. The Morgan fingerprint density at radius 2 is 1.97 bits per heavy atom. The second kappa shape index (κ2) is 9.44. The molecule has 3 atom stereocenters. The van der Waals surface area contributed by atoms with Crippen LogP contribution < -0.4 is 14.8 Å². The monoisotopic (exact) mass is 490 g/mol. The highest BCUT2D eigenvalue weighted by Crippen LogP contribution is 2.48. The number of halogens is 3. The summed E-state index contributed by atoms with van der Waals surface area (Å²) in [7, 11) is -3.29. The van der Waals surface area contributed by atoms with Crippen LogP contribution in [0.2, 0.25) is 0 Å². The summed E-state index contributed by atoms with van der Waals surface area (Å²) in [6, 6.07) is 4.46. The summed E-state index contributed by atoms with van der Waals surface area (Å²) in [5.74, 6) is 0.388. The Hall–Kier alpha value is -1.81. The second-order valence-electron chi connectivity index (χ2n) is 9.88. The third-order valence-corrected chi connectivity index (χ3v) is 8.23. The van der Waals surface area contributed by atoms with E-state index < -0.39 is 33.3 Å². The molecule has 0 saturated heterocycles. The predicted molar refractivity (Wildman–Crippen MR) is 119 cm³/mol. The lowest BCUT2D eigenvalue weighted by Crippen LogP contribution is -2.50. The van der Waals surface area contributed by atoms with Gasteiger partial charge in [-0.05, 0) is 89.3 Å². The number of alkyl halides is 3. The normalized spacial score (nSPS) is 25.6. The molecule has 0 radical (unpaired) electrons. The van der Waals surface area contributed by atoms with Gasteiger partial charge in [-0.2, -0.15) is 13.2 Å². The smallest absolute Gasteiger partial charge is 0.416 e. The number of benzene rings is 1. The van der Waals surface area contributed by atoms with Crippen LogP contribution in [0.15, 0.2) is 24.3 Å². The zero-order chi connectivity index (χ0) is 24.5. The number of carbonyl (C=O) groups excluding carboxylic acids is 1. The van der Waals surface area contributed by atoms with E-state index in [1.54, 1.807) is 6.92 Å². The van der Waals surface area contributed by atoms with E-state index in [-0.39, 0.29) is 17.0 Å². The first kappa shape index (κ1) is 25.8. The highest BCUT2D eigenvalue weighted by atomic mass is 32.2. The van der Waals surface area contributed by atoms with Gasteiger partial charge in [0.1, 0.15) is 5.75 Å². The molecule has 0 heterocycles. The van der Waals surface area contributed by atoms with Gasteiger partial charge >= 0.3 is 6.18 Å². The molecule has 1 aromatic carbocycles. The average molecular weight is 491 g/mol. The van der Waals surface area contributed by atoms with Crippen LogP contribution in [-0.2, 0) is 21.0 Å². The lowest BCUT2D eigenvalue weighted by atomic mass is 9.75. The van der Waals surface area contributed by atoms with Crippen LogP contribution in [0.5, 0.6) is 5.75 Å². The van der Waals surface area contributed by atoms with Gasteiger partial charge in [0.05, 0.1) is 11.3 Å². The van der Waals surface area contributed by atoms with Crippen LogP contribution >= 0.6 is 0 Å².